The highest BCUT2D eigenvalue weighted by molar-refractivity contribution is 7.80. The molecule has 1 amide bonds. The van der Waals surface area contributed by atoms with Gasteiger partial charge in [-0.25, -0.2) is 0 Å². The molecule has 1 fully saturated rings. The largest absolute Gasteiger partial charge is 0.484 e. The summed E-state index contributed by atoms with van der Waals surface area (Å²) in [6, 6.07) is 6.23. The van der Waals surface area contributed by atoms with Crippen molar-refractivity contribution in [3.63, 3.8) is 0 Å². The summed E-state index contributed by atoms with van der Waals surface area (Å²) in [6.07, 6.45) is 3.59. The highest BCUT2D eigenvalue weighted by Crippen LogP contribution is 2.29. The molecule has 0 aromatic heterocycles. The monoisotopic (exact) mass is 363 g/mol. The summed E-state index contributed by atoms with van der Waals surface area (Å²) in [4.78, 5) is 11.9. The number of rotatable bonds is 4. The Labute approximate surface area is 155 Å². The molecule has 25 heavy (non-hydrogen) atoms. The normalized spacial score (nSPS) is 22.8. The number of aryl methyl sites for hydroxylation is 2. The van der Waals surface area contributed by atoms with Crippen molar-refractivity contribution in [3.05, 3.63) is 29.3 Å². The molecule has 1 aromatic carbocycles. The molecule has 138 valence electrons. The molecule has 3 N–H and O–H groups in total. The van der Waals surface area contributed by atoms with Crippen LogP contribution in [0.2, 0.25) is 0 Å². The van der Waals surface area contributed by atoms with Gasteiger partial charge < -0.3 is 10.1 Å². The van der Waals surface area contributed by atoms with Crippen LogP contribution in [0.5, 0.6) is 5.75 Å². The van der Waals surface area contributed by atoms with Crippen LogP contribution < -0.4 is 20.9 Å². The Kier molecular flexibility index (Phi) is 7.05. The van der Waals surface area contributed by atoms with Crippen LogP contribution in [0, 0.1) is 25.7 Å². The molecule has 0 saturated heterocycles. The van der Waals surface area contributed by atoms with Gasteiger partial charge in [-0.15, -0.1) is 0 Å². The van der Waals surface area contributed by atoms with Crippen LogP contribution in [0.1, 0.15) is 44.2 Å². The van der Waals surface area contributed by atoms with Gasteiger partial charge >= 0.3 is 0 Å². The first-order valence-corrected chi connectivity index (χ1v) is 9.32. The van der Waals surface area contributed by atoms with Gasteiger partial charge in [0.15, 0.2) is 11.7 Å². The molecule has 1 aliphatic rings. The van der Waals surface area contributed by atoms with Crippen molar-refractivity contribution in [1.29, 1.82) is 0 Å². The lowest BCUT2D eigenvalue weighted by molar-refractivity contribution is -0.123. The average Bonchev–Trinajstić information content (AvgIpc) is 2.54. The fourth-order valence-electron chi connectivity index (χ4n) is 3.32. The van der Waals surface area contributed by atoms with E-state index in [9.17, 15) is 4.79 Å². The summed E-state index contributed by atoms with van der Waals surface area (Å²) in [5.41, 5.74) is 7.56. The molecular weight excluding hydrogens is 334 g/mol. The third kappa shape index (κ3) is 6.20. The Morgan fingerprint density at radius 2 is 1.84 bits per heavy atom. The predicted molar refractivity (Wildman–Crippen MR) is 104 cm³/mol. The molecule has 0 aliphatic heterocycles. The van der Waals surface area contributed by atoms with E-state index >= 15 is 0 Å². The van der Waals surface area contributed by atoms with E-state index in [1.165, 1.54) is 12.8 Å². The number of hydrogen-bond donors (Lipinski definition) is 3. The number of hydrogen-bond acceptors (Lipinski definition) is 3. The number of ether oxygens (including phenoxy) is 1. The van der Waals surface area contributed by atoms with E-state index in [1.54, 1.807) is 0 Å². The average molecular weight is 364 g/mol. The van der Waals surface area contributed by atoms with Crippen molar-refractivity contribution < 1.29 is 9.53 Å². The van der Waals surface area contributed by atoms with Crippen LogP contribution in [0.15, 0.2) is 18.2 Å². The van der Waals surface area contributed by atoms with Crippen LogP contribution in [0.3, 0.4) is 0 Å². The molecule has 3 atom stereocenters. The number of thiocarbonyl (C=S) groups is 1. The highest BCUT2D eigenvalue weighted by Gasteiger charge is 2.27. The summed E-state index contributed by atoms with van der Waals surface area (Å²) in [6.45, 7) is 8.47. The van der Waals surface area contributed by atoms with Gasteiger partial charge in [0.1, 0.15) is 5.75 Å². The molecule has 1 saturated carbocycles. The first kappa shape index (κ1) is 19.5. The fourth-order valence-corrected chi connectivity index (χ4v) is 3.52. The van der Waals surface area contributed by atoms with Crippen molar-refractivity contribution in [3.8, 4) is 5.75 Å². The lowest BCUT2D eigenvalue weighted by Crippen LogP contribution is -2.53. The summed E-state index contributed by atoms with van der Waals surface area (Å²) in [5.74, 6) is 1.68. The molecular formula is C19H29N3O2S. The zero-order valence-electron chi connectivity index (χ0n) is 15.5. The smallest absolute Gasteiger partial charge is 0.276 e. The van der Waals surface area contributed by atoms with E-state index in [4.69, 9.17) is 17.0 Å². The lowest BCUT2D eigenvalue weighted by Gasteiger charge is -2.35. The Morgan fingerprint density at radius 3 is 2.52 bits per heavy atom. The maximum Gasteiger partial charge on any atom is 0.276 e. The number of amides is 1. The standard InChI is InChI=1S/C19H29N3O2S/c1-12-8-13(2)10-16(9-12)24-11-18(23)21-22-19(25)20-17-7-5-6-14(3)15(17)4/h8-10,14-15,17H,5-7,11H2,1-4H3,(H,21,23)(H2,20,22,25)/t14-,15+,17-/m1/s1. The maximum absolute atomic E-state index is 11.9. The molecule has 2 rings (SSSR count). The zero-order valence-corrected chi connectivity index (χ0v) is 16.3. The van der Waals surface area contributed by atoms with Gasteiger partial charge in [0.05, 0.1) is 0 Å². The van der Waals surface area contributed by atoms with Gasteiger partial charge in [-0.05, 0) is 67.6 Å². The van der Waals surface area contributed by atoms with E-state index < -0.39 is 0 Å². The number of carbonyl (C=O) groups excluding carboxylic acids is 1. The molecule has 1 aliphatic carbocycles. The summed E-state index contributed by atoms with van der Waals surface area (Å²) in [7, 11) is 0. The minimum Gasteiger partial charge on any atom is -0.484 e. The number of nitrogens with one attached hydrogen (secondary N) is 3. The van der Waals surface area contributed by atoms with Gasteiger partial charge in [0.2, 0.25) is 0 Å². The van der Waals surface area contributed by atoms with Gasteiger partial charge in [0.25, 0.3) is 5.91 Å². The quantitative estimate of drug-likeness (QED) is 0.567. The van der Waals surface area contributed by atoms with E-state index in [2.05, 4.69) is 36.1 Å². The molecule has 0 bridgehead atoms. The Hall–Kier alpha value is -1.82. The van der Waals surface area contributed by atoms with Crippen LogP contribution in [-0.2, 0) is 4.79 Å². The third-order valence-corrected chi connectivity index (χ3v) is 5.12. The van der Waals surface area contributed by atoms with E-state index in [1.807, 2.05) is 26.0 Å². The SMILES string of the molecule is Cc1cc(C)cc(OCC(=O)NNC(=S)N[C@@H]2CCC[C@@H](C)[C@@H]2C)c1. The topological polar surface area (TPSA) is 62.4 Å². The number of hydrazine groups is 1. The molecule has 0 radical (unpaired) electrons. The van der Waals surface area contributed by atoms with Gasteiger partial charge in [0, 0.05) is 6.04 Å². The van der Waals surface area contributed by atoms with Crippen molar-refractivity contribution >= 4 is 23.2 Å². The van der Waals surface area contributed by atoms with Gasteiger partial charge in [-0.2, -0.15) is 0 Å². The van der Waals surface area contributed by atoms with Crippen LogP contribution in [0.25, 0.3) is 0 Å². The van der Waals surface area contributed by atoms with E-state index in [0.29, 0.717) is 28.7 Å². The number of benzene rings is 1. The van der Waals surface area contributed by atoms with E-state index in [0.717, 1.165) is 17.5 Å². The highest BCUT2D eigenvalue weighted by atomic mass is 32.1. The van der Waals surface area contributed by atoms with Crippen molar-refractivity contribution in [1.82, 2.24) is 16.2 Å². The summed E-state index contributed by atoms with van der Waals surface area (Å²) in [5, 5.41) is 3.76. The predicted octanol–water partition coefficient (Wildman–Crippen LogP) is 3.00. The van der Waals surface area contributed by atoms with Crippen LogP contribution in [0.4, 0.5) is 0 Å². The van der Waals surface area contributed by atoms with Gasteiger partial charge in [-0.3, -0.25) is 15.6 Å². The van der Waals surface area contributed by atoms with Crippen molar-refractivity contribution in [2.75, 3.05) is 6.61 Å². The Morgan fingerprint density at radius 1 is 1.16 bits per heavy atom. The second-order valence-electron chi connectivity index (χ2n) is 7.13. The Balaban J connectivity index is 1.71. The van der Waals surface area contributed by atoms with Crippen molar-refractivity contribution in [2.24, 2.45) is 11.8 Å². The summed E-state index contributed by atoms with van der Waals surface area (Å²) >= 11 is 5.28. The molecule has 0 unspecified atom stereocenters. The Bertz CT molecular complexity index is 600. The van der Waals surface area contributed by atoms with E-state index in [-0.39, 0.29) is 12.5 Å². The fraction of sp³-hybridized carbons (Fsp3) is 0.579. The van der Waals surface area contributed by atoms with Gasteiger partial charge in [-0.1, -0.05) is 32.8 Å². The maximum atomic E-state index is 11.9. The lowest BCUT2D eigenvalue weighted by atomic mass is 9.78. The van der Waals surface area contributed by atoms with Crippen LogP contribution >= 0.6 is 12.2 Å². The number of carbonyl (C=O) groups is 1. The first-order chi connectivity index (χ1) is 11.8. The molecule has 0 heterocycles. The second-order valence-corrected chi connectivity index (χ2v) is 7.54. The van der Waals surface area contributed by atoms with Crippen molar-refractivity contribution in [2.45, 2.75) is 53.0 Å². The molecule has 0 spiro atoms. The molecule has 6 heteroatoms. The second kappa shape index (κ2) is 9.04. The molecule has 1 aromatic rings. The minimum absolute atomic E-state index is 0.0601. The zero-order chi connectivity index (χ0) is 18.4. The van der Waals surface area contributed by atoms with Crippen LogP contribution in [-0.4, -0.2) is 23.7 Å². The summed E-state index contributed by atoms with van der Waals surface area (Å²) < 4.78 is 5.53. The molecule has 5 nitrogen and oxygen atoms in total. The minimum atomic E-state index is -0.270. The first-order valence-electron chi connectivity index (χ1n) is 8.91. The third-order valence-electron chi connectivity index (χ3n) is 4.90.